The molecule has 3 nitrogen and oxygen atoms in total. The summed E-state index contributed by atoms with van der Waals surface area (Å²) in [6, 6.07) is 36.8. The van der Waals surface area contributed by atoms with Gasteiger partial charge in [0.1, 0.15) is 6.17 Å². The maximum Gasteiger partial charge on any atom is 0.262 e. The van der Waals surface area contributed by atoms with Gasteiger partial charge in [-0.25, -0.2) is 0 Å². The highest BCUT2D eigenvalue weighted by atomic mass is 16.2. The standard InChI is InChI=1S/C28H24N2O/c1-21-16-18-23(19-17-21)27-29(20-22-10-4-2-5-11-22)26-15-9-8-14-25(26)28(31)30(27)24-12-6-3-7-13-24/h2-19,27H,20H2,1H3/t27-/m0/s1. The predicted octanol–water partition coefficient (Wildman–Crippen LogP) is 6.36. The van der Waals surface area contributed by atoms with E-state index in [1.54, 1.807) is 0 Å². The van der Waals surface area contributed by atoms with Crippen LogP contribution in [0.4, 0.5) is 11.4 Å². The van der Waals surface area contributed by atoms with E-state index in [-0.39, 0.29) is 12.1 Å². The number of fused-ring (bicyclic) bond motifs is 1. The van der Waals surface area contributed by atoms with Crippen LogP contribution in [0, 0.1) is 6.92 Å². The van der Waals surface area contributed by atoms with Crippen LogP contribution in [0.2, 0.25) is 0 Å². The molecule has 0 unspecified atom stereocenters. The summed E-state index contributed by atoms with van der Waals surface area (Å²) in [7, 11) is 0. The predicted molar refractivity (Wildman–Crippen MR) is 126 cm³/mol. The van der Waals surface area contributed by atoms with E-state index in [2.05, 4.69) is 66.4 Å². The van der Waals surface area contributed by atoms with E-state index >= 15 is 0 Å². The summed E-state index contributed by atoms with van der Waals surface area (Å²) in [6.07, 6.45) is -0.245. The lowest BCUT2D eigenvalue weighted by molar-refractivity contribution is 0.0968. The van der Waals surface area contributed by atoms with Crippen LogP contribution in [0.1, 0.15) is 33.2 Å². The highest BCUT2D eigenvalue weighted by Gasteiger charge is 2.39. The molecule has 0 aliphatic carbocycles. The molecule has 0 radical (unpaired) electrons. The van der Waals surface area contributed by atoms with Crippen molar-refractivity contribution in [2.45, 2.75) is 19.6 Å². The highest BCUT2D eigenvalue weighted by Crippen LogP contribution is 2.42. The van der Waals surface area contributed by atoms with E-state index in [0.717, 1.165) is 22.5 Å². The van der Waals surface area contributed by atoms with Gasteiger partial charge < -0.3 is 4.90 Å². The van der Waals surface area contributed by atoms with E-state index in [1.165, 1.54) is 11.1 Å². The number of aryl methyl sites for hydroxylation is 1. The van der Waals surface area contributed by atoms with Crippen LogP contribution in [-0.4, -0.2) is 5.91 Å². The first-order valence-corrected chi connectivity index (χ1v) is 10.6. The van der Waals surface area contributed by atoms with Gasteiger partial charge in [-0.15, -0.1) is 0 Å². The summed E-state index contributed by atoms with van der Waals surface area (Å²) in [5.41, 5.74) is 6.09. The van der Waals surface area contributed by atoms with Crippen molar-refractivity contribution in [3.05, 3.63) is 131 Å². The van der Waals surface area contributed by atoms with Crippen molar-refractivity contribution in [1.82, 2.24) is 0 Å². The van der Waals surface area contributed by atoms with Gasteiger partial charge in [0, 0.05) is 12.2 Å². The van der Waals surface area contributed by atoms with Crippen molar-refractivity contribution in [2.24, 2.45) is 0 Å². The van der Waals surface area contributed by atoms with Crippen molar-refractivity contribution in [3.63, 3.8) is 0 Å². The van der Waals surface area contributed by atoms with Crippen LogP contribution >= 0.6 is 0 Å². The summed E-state index contributed by atoms with van der Waals surface area (Å²) in [4.78, 5) is 18.0. The number of hydrogen-bond acceptors (Lipinski definition) is 2. The second-order valence-corrected chi connectivity index (χ2v) is 7.93. The molecule has 152 valence electrons. The molecule has 31 heavy (non-hydrogen) atoms. The van der Waals surface area contributed by atoms with Gasteiger partial charge >= 0.3 is 0 Å². The topological polar surface area (TPSA) is 23.6 Å². The molecule has 3 heteroatoms. The molecule has 5 rings (SSSR count). The molecule has 1 heterocycles. The molecular formula is C28H24N2O. The number of anilines is 2. The molecule has 0 spiro atoms. The van der Waals surface area contributed by atoms with E-state index in [0.29, 0.717) is 6.54 Å². The number of hydrogen-bond donors (Lipinski definition) is 0. The summed E-state index contributed by atoms with van der Waals surface area (Å²) < 4.78 is 0. The van der Waals surface area contributed by atoms with Gasteiger partial charge in [-0.05, 0) is 42.3 Å². The first-order valence-electron chi connectivity index (χ1n) is 10.6. The lowest BCUT2D eigenvalue weighted by atomic mass is 9.98. The molecule has 4 aromatic rings. The molecule has 1 atom stereocenters. The zero-order valence-electron chi connectivity index (χ0n) is 17.5. The van der Waals surface area contributed by atoms with Crippen molar-refractivity contribution >= 4 is 17.3 Å². The maximum atomic E-state index is 13.8. The van der Waals surface area contributed by atoms with Crippen molar-refractivity contribution in [1.29, 1.82) is 0 Å². The van der Waals surface area contributed by atoms with Gasteiger partial charge in [0.05, 0.1) is 11.3 Å². The summed E-state index contributed by atoms with van der Waals surface area (Å²) in [5.74, 6) is 0.0247. The average molecular weight is 405 g/mol. The number of carbonyl (C=O) groups excluding carboxylic acids is 1. The van der Waals surface area contributed by atoms with Crippen LogP contribution < -0.4 is 9.80 Å². The molecule has 4 aromatic carbocycles. The Morgan fingerprint density at radius 2 is 1.32 bits per heavy atom. The minimum absolute atomic E-state index is 0.0247. The Kier molecular flexibility index (Phi) is 5.01. The molecule has 0 saturated heterocycles. The third kappa shape index (κ3) is 3.59. The molecular weight excluding hydrogens is 380 g/mol. The lowest BCUT2D eigenvalue weighted by Gasteiger charge is -2.46. The molecule has 1 aliphatic heterocycles. The monoisotopic (exact) mass is 404 g/mol. The largest absolute Gasteiger partial charge is 0.342 e. The van der Waals surface area contributed by atoms with E-state index in [9.17, 15) is 4.79 Å². The molecule has 0 saturated carbocycles. The average Bonchev–Trinajstić information content (AvgIpc) is 2.82. The number of nitrogens with zero attached hydrogens (tertiary/aromatic N) is 2. The number of carbonyl (C=O) groups is 1. The summed E-state index contributed by atoms with van der Waals surface area (Å²) >= 11 is 0. The Morgan fingerprint density at radius 3 is 2.03 bits per heavy atom. The van der Waals surface area contributed by atoms with Crippen molar-refractivity contribution in [3.8, 4) is 0 Å². The second kappa shape index (κ2) is 8.11. The van der Waals surface area contributed by atoms with Gasteiger partial charge in [0.25, 0.3) is 5.91 Å². The molecule has 0 aromatic heterocycles. The minimum Gasteiger partial charge on any atom is -0.342 e. The van der Waals surface area contributed by atoms with E-state index < -0.39 is 0 Å². The lowest BCUT2D eigenvalue weighted by Crippen LogP contribution is -2.49. The Balaban J connectivity index is 1.72. The molecule has 0 fully saturated rings. The van der Waals surface area contributed by atoms with Gasteiger partial charge in [-0.3, -0.25) is 9.69 Å². The third-order valence-corrected chi connectivity index (χ3v) is 5.81. The van der Waals surface area contributed by atoms with Gasteiger partial charge in [0.2, 0.25) is 0 Å². The minimum atomic E-state index is -0.245. The van der Waals surface area contributed by atoms with Crippen molar-refractivity contribution < 1.29 is 4.79 Å². The number of amides is 1. The van der Waals surface area contributed by atoms with Gasteiger partial charge in [0.15, 0.2) is 0 Å². The van der Waals surface area contributed by atoms with Crippen LogP contribution in [-0.2, 0) is 6.54 Å². The number of benzene rings is 4. The van der Waals surface area contributed by atoms with Crippen LogP contribution in [0.3, 0.4) is 0 Å². The Hall–Kier alpha value is -3.85. The number of rotatable bonds is 4. The quantitative estimate of drug-likeness (QED) is 0.395. The first-order chi connectivity index (χ1) is 15.2. The smallest absolute Gasteiger partial charge is 0.262 e. The molecule has 0 N–H and O–H groups in total. The Morgan fingerprint density at radius 1 is 0.710 bits per heavy atom. The second-order valence-electron chi connectivity index (χ2n) is 7.93. The summed E-state index contributed by atoms with van der Waals surface area (Å²) in [5, 5.41) is 0. The fourth-order valence-electron chi connectivity index (χ4n) is 4.28. The molecule has 1 amide bonds. The summed E-state index contributed by atoms with van der Waals surface area (Å²) in [6.45, 7) is 2.79. The highest BCUT2D eigenvalue weighted by molar-refractivity contribution is 6.12. The van der Waals surface area contributed by atoms with Crippen LogP contribution in [0.5, 0.6) is 0 Å². The van der Waals surface area contributed by atoms with Crippen LogP contribution in [0.25, 0.3) is 0 Å². The number of para-hydroxylation sites is 2. The zero-order valence-corrected chi connectivity index (χ0v) is 17.5. The van der Waals surface area contributed by atoms with Crippen LogP contribution in [0.15, 0.2) is 109 Å². The zero-order chi connectivity index (χ0) is 21.2. The SMILES string of the molecule is Cc1ccc([C@H]2N(Cc3ccccc3)c3ccccc3C(=O)N2c2ccccc2)cc1. The first kappa shape index (κ1) is 19.1. The van der Waals surface area contributed by atoms with Gasteiger partial charge in [-0.2, -0.15) is 0 Å². The van der Waals surface area contributed by atoms with Gasteiger partial charge in [-0.1, -0.05) is 90.5 Å². The normalized spacial score (nSPS) is 15.6. The molecule has 0 bridgehead atoms. The van der Waals surface area contributed by atoms with E-state index in [1.807, 2.05) is 59.5 Å². The van der Waals surface area contributed by atoms with Crippen molar-refractivity contribution in [2.75, 3.05) is 9.80 Å². The third-order valence-electron chi connectivity index (χ3n) is 5.81. The maximum absolute atomic E-state index is 13.8. The fourth-order valence-corrected chi connectivity index (χ4v) is 4.28. The Labute approximate surface area is 183 Å². The van der Waals surface area contributed by atoms with E-state index in [4.69, 9.17) is 0 Å². The Bertz CT molecular complexity index is 1190. The molecule has 1 aliphatic rings. The fraction of sp³-hybridized carbons (Fsp3) is 0.107.